The Morgan fingerprint density at radius 2 is 1.76 bits per heavy atom. The zero-order chi connectivity index (χ0) is 28.5. The molecule has 204 valence electrons. The van der Waals surface area contributed by atoms with E-state index in [0.717, 1.165) is 15.6 Å². The summed E-state index contributed by atoms with van der Waals surface area (Å²) in [5.41, 5.74) is 2.84. The maximum absolute atomic E-state index is 14.0. The second kappa shape index (κ2) is 11.5. The van der Waals surface area contributed by atoms with E-state index in [9.17, 15) is 9.59 Å². The molecule has 0 saturated heterocycles. The Kier molecular flexibility index (Phi) is 7.62. The predicted molar refractivity (Wildman–Crippen MR) is 164 cm³/mol. The molecule has 0 unspecified atom stereocenters. The molecule has 1 aliphatic rings. The lowest BCUT2D eigenvalue weighted by molar-refractivity contribution is -0.138. The van der Waals surface area contributed by atoms with Crippen LogP contribution >= 0.6 is 38.9 Å². The minimum absolute atomic E-state index is 0.182. The Hall–Kier alpha value is -3.98. The SMILES string of the molecule is CCOC(=O)C1=C(c2ccccc2)N=c2s/c(=C\c3ccc(-c4ccc(Br)cc4)o3)c(=O)n2[C@H]1c1ccc(Cl)cc1. The van der Waals surface area contributed by atoms with Crippen LogP contribution in [0.15, 0.2) is 115 Å². The molecule has 3 heterocycles. The molecule has 6 rings (SSSR count). The summed E-state index contributed by atoms with van der Waals surface area (Å²) >= 11 is 10.9. The molecule has 5 aromatic rings. The molecule has 9 heteroatoms. The minimum atomic E-state index is -0.769. The molecule has 0 spiro atoms. The Morgan fingerprint density at radius 1 is 1.02 bits per heavy atom. The molecule has 0 aliphatic carbocycles. The number of rotatable bonds is 6. The third kappa shape index (κ3) is 5.38. The van der Waals surface area contributed by atoms with Crippen LogP contribution in [-0.4, -0.2) is 17.1 Å². The summed E-state index contributed by atoms with van der Waals surface area (Å²) in [6.45, 7) is 1.93. The third-order valence-electron chi connectivity index (χ3n) is 6.59. The van der Waals surface area contributed by atoms with Gasteiger partial charge >= 0.3 is 5.97 Å². The van der Waals surface area contributed by atoms with Crippen molar-refractivity contribution in [1.82, 2.24) is 4.57 Å². The van der Waals surface area contributed by atoms with Gasteiger partial charge in [-0.2, -0.15) is 0 Å². The molecule has 1 aliphatic heterocycles. The van der Waals surface area contributed by atoms with Crippen molar-refractivity contribution < 1.29 is 13.9 Å². The number of thiazole rings is 1. The standard InChI is InChI=1S/C32H22BrClN2O4S/c1-2-39-31(38)27-28(20-6-4-3-5-7-20)35-32-36(29(27)21-10-14-23(34)15-11-21)30(37)26(41-32)18-24-16-17-25(40-24)19-8-12-22(33)13-9-19/h3-18,29H,2H2,1H3/b26-18-/t29-/m0/s1. The Morgan fingerprint density at radius 3 is 2.46 bits per heavy atom. The molecule has 0 N–H and O–H groups in total. The van der Waals surface area contributed by atoms with Crippen molar-refractivity contribution in [2.45, 2.75) is 13.0 Å². The van der Waals surface area contributed by atoms with Gasteiger partial charge in [0.25, 0.3) is 5.56 Å². The van der Waals surface area contributed by atoms with Gasteiger partial charge in [-0.1, -0.05) is 93.5 Å². The first kappa shape index (κ1) is 27.2. The average Bonchev–Trinajstić information content (AvgIpc) is 3.58. The summed E-state index contributed by atoms with van der Waals surface area (Å²) in [5, 5.41) is 0.547. The first-order chi connectivity index (χ1) is 19.9. The van der Waals surface area contributed by atoms with Gasteiger partial charge in [0, 0.05) is 26.7 Å². The van der Waals surface area contributed by atoms with Gasteiger partial charge in [-0.25, -0.2) is 9.79 Å². The molecular formula is C32H22BrClN2O4S. The van der Waals surface area contributed by atoms with Crippen LogP contribution in [0.5, 0.6) is 0 Å². The van der Waals surface area contributed by atoms with Crippen LogP contribution in [0, 0.1) is 0 Å². The number of esters is 1. The van der Waals surface area contributed by atoms with E-state index >= 15 is 0 Å². The third-order valence-corrected chi connectivity index (χ3v) is 8.35. The number of carbonyl (C=O) groups is 1. The number of furan rings is 1. The van der Waals surface area contributed by atoms with Crippen molar-refractivity contribution >= 4 is 56.6 Å². The number of ether oxygens (including phenoxy) is 1. The summed E-state index contributed by atoms with van der Waals surface area (Å²) in [6.07, 6.45) is 1.71. The molecule has 41 heavy (non-hydrogen) atoms. The summed E-state index contributed by atoms with van der Waals surface area (Å²) in [4.78, 5) is 32.8. The fourth-order valence-electron chi connectivity index (χ4n) is 4.73. The second-order valence-corrected chi connectivity index (χ2v) is 11.6. The normalized spacial score (nSPS) is 15.0. The summed E-state index contributed by atoms with van der Waals surface area (Å²) in [5.74, 6) is 0.685. The molecule has 0 fully saturated rings. The van der Waals surface area contributed by atoms with E-state index < -0.39 is 12.0 Å². The van der Waals surface area contributed by atoms with Gasteiger partial charge in [0.2, 0.25) is 0 Å². The van der Waals surface area contributed by atoms with Crippen molar-refractivity contribution in [3.8, 4) is 11.3 Å². The van der Waals surface area contributed by atoms with Crippen LogP contribution < -0.4 is 14.9 Å². The number of aromatic nitrogens is 1. The van der Waals surface area contributed by atoms with Gasteiger partial charge in [-0.3, -0.25) is 9.36 Å². The summed E-state index contributed by atoms with van der Waals surface area (Å²) in [6, 6.07) is 27.3. The maximum Gasteiger partial charge on any atom is 0.338 e. The van der Waals surface area contributed by atoms with Crippen molar-refractivity contribution in [2.24, 2.45) is 4.99 Å². The highest BCUT2D eigenvalue weighted by Gasteiger charge is 2.35. The number of hydrogen-bond donors (Lipinski definition) is 0. The number of benzene rings is 3. The molecule has 6 nitrogen and oxygen atoms in total. The fraction of sp³-hybridized carbons (Fsp3) is 0.0938. The van der Waals surface area contributed by atoms with E-state index in [-0.39, 0.29) is 17.7 Å². The van der Waals surface area contributed by atoms with Crippen LogP contribution in [0.25, 0.3) is 23.1 Å². The topological polar surface area (TPSA) is 73.8 Å². The maximum atomic E-state index is 14.0. The lowest BCUT2D eigenvalue weighted by atomic mass is 9.93. The van der Waals surface area contributed by atoms with Crippen molar-refractivity contribution in [2.75, 3.05) is 6.61 Å². The molecule has 0 saturated carbocycles. The number of halogens is 2. The van der Waals surface area contributed by atoms with Gasteiger partial charge in [-0.15, -0.1) is 0 Å². The van der Waals surface area contributed by atoms with Gasteiger partial charge in [0.05, 0.1) is 28.5 Å². The van der Waals surface area contributed by atoms with Gasteiger partial charge in [0.15, 0.2) is 4.80 Å². The first-order valence-electron chi connectivity index (χ1n) is 12.8. The highest BCUT2D eigenvalue weighted by atomic mass is 79.9. The number of carbonyl (C=O) groups excluding carboxylic acids is 1. The Labute approximate surface area is 252 Å². The molecular weight excluding hydrogens is 624 g/mol. The van der Waals surface area contributed by atoms with Crippen molar-refractivity contribution in [3.63, 3.8) is 0 Å². The number of nitrogens with zero attached hydrogens (tertiary/aromatic N) is 2. The lowest BCUT2D eigenvalue weighted by Gasteiger charge is -2.25. The molecule has 2 aromatic heterocycles. The van der Waals surface area contributed by atoms with Gasteiger partial charge in [0.1, 0.15) is 11.5 Å². The average molecular weight is 646 g/mol. The van der Waals surface area contributed by atoms with Crippen LogP contribution in [-0.2, 0) is 9.53 Å². The Balaban J connectivity index is 1.55. The van der Waals surface area contributed by atoms with E-state index in [1.807, 2.05) is 78.9 Å². The van der Waals surface area contributed by atoms with Crippen LogP contribution in [0.2, 0.25) is 5.02 Å². The summed E-state index contributed by atoms with van der Waals surface area (Å²) < 4.78 is 14.5. The fourth-order valence-corrected chi connectivity index (χ4v) is 6.10. The largest absolute Gasteiger partial charge is 0.463 e. The van der Waals surface area contributed by atoms with E-state index in [0.29, 0.717) is 37.1 Å². The van der Waals surface area contributed by atoms with E-state index in [1.54, 1.807) is 29.7 Å². The van der Waals surface area contributed by atoms with Gasteiger partial charge in [-0.05, 0) is 48.9 Å². The van der Waals surface area contributed by atoms with Crippen molar-refractivity contribution in [1.29, 1.82) is 0 Å². The molecule has 0 bridgehead atoms. The minimum Gasteiger partial charge on any atom is -0.463 e. The number of hydrogen-bond acceptors (Lipinski definition) is 6. The predicted octanol–water partition coefficient (Wildman–Crippen LogP) is 6.61. The van der Waals surface area contributed by atoms with Crippen LogP contribution in [0.4, 0.5) is 0 Å². The first-order valence-corrected chi connectivity index (χ1v) is 14.8. The quantitative estimate of drug-likeness (QED) is 0.195. The highest BCUT2D eigenvalue weighted by molar-refractivity contribution is 9.10. The number of fused-ring (bicyclic) bond motifs is 1. The van der Waals surface area contributed by atoms with E-state index in [2.05, 4.69) is 15.9 Å². The lowest BCUT2D eigenvalue weighted by Crippen LogP contribution is -2.39. The monoisotopic (exact) mass is 644 g/mol. The molecule has 0 radical (unpaired) electrons. The van der Waals surface area contributed by atoms with Crippen LogP contribution in [0.1, 0.15) is 29.9 Å². The molecule has 1 atom stereocenters. The van der Waals surface area contributed by atoms with Crippen molar-refractivity contribution in [3.05, 3.63) is 143 Å². The zero-order valence-corrected chi connectivity index (χ0v) is 24.9. The van der Waals surface area contributed by atoms with E-state index in [1.165, 1.54) is 11.3 Å². The molecule has 0 amide bonds. The smallest absolute Gasteiger partial charge is 0.338 e. The zero-order valence-electron chi connectivity index (χ0n) is 21.7. The summed E-state index contributed by atoms with van der Waals surface area (Å²) in [7, 11) is 0. The van der Waals surface area contributed by atoms with E-state index in [4.69, 9.17) is 25.7 Å². The van der Waals surface area contributed by atoms with Gasteiger partial charge < -0.3 is 9.15 Å². The highest BCUT2D eigenvalue weighted by Crippen LogP contribution is 2.35. The Bertz CT molecular complexity index is 1960. The van der Waals surface area contributed by atoms with Crippen LogP contribution in [0.3, 0.4) is 0 Å². The second-order valence-electron chi connectivity index (χ2n) is 9.19. The molecule has 3 aromatic carbocycles.